The fourth-order valence-electron chi connectivity index (χ4n) is 3.92. The van der Waals surface area contributed by atoms with E-state index in [2.05, 4.69) is 5.32 Å². The van der Waals surface area contributed by atoms with Crippen LogP contribution in [0.15, 0.2) is 48.5 Å². The number of piperidine rings is 1. The Morgan fingerprint density at radius 2 is 1.87 bits per heavy atom. The number of hydrogen-bond donors (Lipinski definition) is 1. The van der Waals surface area contributed by atoms with Gasteiger partial charge in [0.05, 0.1) is 11.7 Å². The predicted molar refractivity (Wildman–Crippen MR) is 126 cm³/mol. The molecule has 31 heavy (non-hydrogen) atoms. The summed E-state index contributed by atoms with van der Waals surface area (Å²) >= 11 is 12.1. The van der Waals surface area contributed by atoms with E-state index in [1.807, 2.05) is 44.2 Å². The third kappa shape index (κ3) is 6.69. The number of carbonyl (C=O) groups is 1. The van der Waals surface area contributed by atoms with Gasteiger partial charge in [0.25, 0.3) is 0 Å². The number of hydrogen-bond acceptors (Lipinski definition) is 3. The van der Waals surface area contributed by atoms with Gasteiger partial charge < -0.3 is 5.32 Å². The minimum absolute atomic E-state index is 0.106. The molecule has 0 spiro atoms. The lowest BCUT2D eigenvalue weighted by Crippen LogP contribution is -2.51. The molecule has 1 saturated heterocycles. The summed E-state index contributed by atoms with van der Waals surface area (Å²) < 4.78 is 27.4. The highest BCUT2D eigenvalue weighted by Gasteiger charge is 2.34. The van der Waals surface area contributed by atoms with Crippen LogP contribution in [0, 0.1) is 5.92 Å². The van der Waals surface area contributed by atoms with Crippen LogP contribution in [-0.4, -0.2) is 37.3 Å². The molecule has 3 rings (SSSR count). The van der Waals surface area contributed by atoms with Crippen molar-refractivity contribution in [3.8, 4) is 0 Å². The molecule has 1 aliphatic heterocycles. The molecule has 2 aromatic carbocycles. The van der Waals surface area contributed by atoms with Crippen LogP contribution in [0.5, 0.6) is 0 Å². The van der Waals surface area contributed by atoms with Crippen LogP contribution in [0.25, 0.3) is 0 Å². The van der Waals surface area contributed by atoms with Crippen LogP contribution in [0.4, 0.5) is 0 Å². The molecule has 2 aromatic rings. The van der Waals surface area contributed by atoms with E-state index in [1.165, 1.54) is 10.4 Å². The van der Waals surface area contributed by atoms with Crippen molar-refractivity contribution in [2.75, 3.05) is 13.1 Å². The van der Waals surface area contributed by atoms with Gasteiger partial charge in [-0.3, -0.25) is 4.79 Å². The van der Waals surface area contributed by atoms with Crippen LogP contribution in [0.1, 0.15) is 37.8 Å². The number of nitrogens with zero attached hydrogens (tertiary/aromatic N) is 1. The largest absolute Gasteiger partial charge is 0.351 e. The normalized spacial score (nSPS) is 18.0. The zero-order valence-electron chi connectivity index (χ0n) is 17.8. The lowest BCUT2D eigenvalue weighted by molar-refractivity contribution is -0.127. The van der Waals surface area contributed by atoms with Crippen molar-refractivity contribution >= 4 is 39.1 Å². The Morgan fingerprint density at radius 3 is 2.55 bits per heavy atom. The third-order valence-electron chi connectivity index (χ3n) is 5.45. The van der Waals surface area contributed by atoms with Gasteiger partial charge >= 0.3 is 0 Å². The van der Waals surface area contributed by atoms with Gasteiger partial charge in [-0.05, 0) is 56.4 Å². The van der Waals surface area contributed by atoms with Gasteiger partial charge in [-0.15, -0.1) is 0 Å². The van der Waals surface area contributed by atoms with Crippen molar-refractivity contribution in [2.24, 2.45) is 5.92 Å². The minimum atomic E-state index is -3.60. The molecule has 1 atom stereocenters. The summed E-state index contributed by atoms with van der Waals surface area (Å²) in [5.41, 5.74) is 1.21. The monoisotopic (exact) mass is 482 g/mol. The first-order valence-corrected chi connectivity index (χ1v) is 12.7. The summed E-state index contributed by atoms with van der Waals surface area (Å²) in [7, 11) is -3.60. The van der Waals surface area contributed by atoms with E-state index >= 15 is 0 Å². The fraction of sp³-hybridized carbons (Fsp3) is 0.435. The van der Waals surface area contributed by atoms with E-state index in [4.69, 9.17) is 23.2 Å². The van der Waals surface area contributed by atoms with E-state index in [1.54, 1.807) is 12.1 Å². The first-order valence-electron chi connectivity index (χ1n) is 10.3. The Bertz CT molecular complexity index is 1030. The molecule has 0 aliphatic carbocycles. The van der Waals surface area contributed by atoms with Crippen molar-refractivity contribution in [2.45, 2.75) is 44.4 Å². The van der Waals surface area contributed by atoms with Crippen molar-refractivity contribution < 1.29 is 13.2 Å². The second-order valence-corrected chi connectivity index (χ2v) is 11.5. The smallest absolute Gasteiger partial charge is 0.224 e. The van der Waals surface area contributed by atoms with Gasteiger partial charge in [0.2, 0.25) is 15.9 Å². The maximum Gasteiger partial charge on any atom is 0.224 e. The summed E-state index contributed by atoms with van der Waals surface area (Å²) in [5.74, 6) is -0.693. The van der Waals surface area contributed by atoms with E-state index in [0.29, 0.717) is 41.4 Å². The maximum atomic E-state index is 13.0. The highest BCUT2D eigenvalue weighted by molar-refractivity contribution is 7.88. The molecule has 1 amide bonds. The zero-order valence-corrected chi connectivity index (χ0v) is 20.1. The standard InChI is InChI=1S/C23H28Cl2N2O3S/c1-23(2,14-17-7-4-3-5-8-17)26-22(28)18-9-6-12-27(15-18)31(29,30)16-19-10-11-20(24)13-21(19)25/h3-5,7-8,10-11,13,18H,6,9,12,14-16H2,1-2H3,(H,26,28)/t18-/m1/s1. The van der Waals surface area contributed by atoms with Crippen LogP contribution in [-0.2, 0) is 27.0 Å². The molecule has 1 N–H and O–H groups in total. The van der Waals surface area contributed by atoms with Crippen molar-refractivity contribution in [3.63, 3.8) is 0 Å². The average Bonchev–Trinajstić information content (AvgIpc) is 2.70. The summed E-state index contributed by atoms with van der Waals surface area (Å²) in [6.45, 7) is 4.56. The number of amides is 1. The van der Waals surface area contributed by atoms with Crippen LogP contribution >= 0.6 is 23.2 Å². The Morgan fingerprint density at radius 1 is 1.16 bits per heavy atom. The van der Waals surface area contributed by atoms with Gasteiger partial charge in [0.15, 0.2) is 0 Å². The second kappa shape index (κ2) is 9.90. The molecule has 0 unspecified atom stereocenters. The molecule has 0 saturated carbocycles. The molecule has 0 aromatic heterocycles. The quantitative estimate of drug-likeness (QED) is 0.623. The first-order chi connectivity index (χ1) is 14.6. The second-order valence-electron chi connectivity index (χ2n) is 8.72. The minimum Gasteiger partial charge on any atom is -0.351 e. The van der Waals surface area contributed by atoms with Crippen LogP contribution in [0.2, 0.25) is 10.0 Å². The molecule has 1 aliphatic rings. The van der Waals surface area contributed by atoms with Crippen LogP contribution in [0.3, 0.4) is 0 Å². The Hall–Kier alpha value is -1.60. The van der Waals surface area contributed by atoms with E-state index < -0.39 is 15.6 Å². The van der Waals surface area contributed by atoms with Gasteiger partial charge in [-0.1, -0.05) is 59.6 Å². The van der Waals surface area contributed by atoms with Crippen molar-refractivity contribution in [1.29, 1.82) is 0 Å². The van der Waals surface area contributed by atoms with Crippen molar-refractivity contribution in [3.05, 3.63) is 69.7 Å². The molecule has 5 nitrogen and oxygen atoms in total. The van der Waals surface area contributed by atoms with Gasteiger partial charge in [0.1, 0.15) is 0 Å². The molecule has 0 radical (unpaired) electrons. The average molecular weight is 483 g/mol. The first kappa shape index (κ1) is 24.1. The number of halogens is 2. The van der Waals surface area contributed by atoms with Gasteiger partial charge in [0, 0.05) is 28.7 Å². The topological polar surface area (TPSA) is 66.5 Å². The Balaban J connectivity index is 1.64. The molecule has 8 heteroatoms. The van der Waals surface area contributed by atoms with Gasteiger partial charge in [-0.2, -0.15) is 0 Å². The maximum absolute atomic E-state index is 13.0. The molecule has 1 heterocycles. The third-order valence-corrected chi connectivity index (χ3v) is 7.83. The molecule has 168 valence electrons. The van der Waals surface area contributed by atoms with E-state index in [0.717, 1.165) is 5.56 Å². The number of nitrogens with one attached hydrogen (secondary N) is 1. The SMILES string of the molecule is CC(C)(Cc1ccccc1)NC(=O)[C@@H]1CCCN(S(=O)(=O)Cc2ccc(Cl)cc2Cl)C1. The number of rotatable bonds is 7. The molecule has 1 fully saturated rings. The lowest BCUT2D eigenvalue weighted by atomic mass is 9.92. The predicted octanol–water partition coefficient (Wildman–Crippen LogP) is 4.67. The highest BCUT2D eigenvalue weighted by Crippen LogP contribution is 2.27. The lowest BCUT2D eigenvalue weighted by Gasteiger charge is -2.34. The van der Waals surface area contributed by atoms with Crippen LogP contribution < -0.4 is 5.32 Å². The summed E-state index contributed by atoms with van der Waals surface area (Å²) in [5, 5.41) is 3.90. The summed E-state index contributed by atoms with van der Waals surface area (Å²) in [4.78, 5) is 13.0. The number of sulfonamides is 1. The van der Waals surface area contributed by atoms with E-state index in [-0.39, 0.29) is 24.1 Å². The Labute approximate surface area is 194 Å². The number of carbonyl (C=O) groups excluding carboxylic acids is 1. The summed E-state index contributed by atoms with van der Waals surface area (Å²) in [6.07, 6.45) is 2.01. The number of benzene rings is 2. The molecular weight excluding hydrogens is 455 g/mol. The Kier molecular flexibility index (Phi) is 7.68. The van der Waals surface area contributed by atoms with Gasteiger partial charge in [-0.25, -0.2) is 12.7 Å². The summed E-state index contributed by atoms with van der Waals surface area (Å²) in [6, 6.07) is 14.8. The zero-order chi connectivity index (χ0) is 22.6. The van der Waals surface area contributed by atoms with E-state index in [9.17, 15) is 13.2 Å². The highest BCUT2D eigenvalue weighted by atomic mass is 35.5. The fourth-order valence-corrected chi connectivity index (χ4v) is 6.12. The molecular formula is C23H28Cl2N2O3S. The van der Waals surface area contributed by atoms with Crippen molar-refractivity contribution in [1.82, 2.24) is 9.62 Å². The molecule has 0 bridgehead atoms.